The SMILES string of the molecule is C=C(/N=C(\N=C(/C)c1ccccc1-c1cccc2c1oc1ccc(Br)cc12)c1ccccc1)c1ccccc1. The molecule has 6 aromatic rings. The van der Waals surface area contributed by atoms with E-state index in [0.29, 0.717) is 11.5 Å². The number of hydrogen-bond acceptors (Lipinski definition) is 2. The summed E-state index contributed by atoms with van der Waals surface area (Å²) in [7, 11) is 0. The molecule has 188 valence electrons. The van der Waals surface area contributed by atoms with Gasteiger partial charge in [0.2, 0.25) is 0 Å². The molecule has 0 aliphatic carbocycles. The maximum atomic E-state index is 6.38. The van der Waals surface area contributed by atoms with Crippen LogP contribution in [0.25, 0.3) is 38.8 Å². The Labute approximate surface area is 236 Å². The molecule has 1 heterocycles. The normalized spacial score (nSPS) is 12.3. The molecule has 0 spiro atoms. The first-order chi connectivity index (χ1) is 19.1. The fourth-order valence-electron chi connectivity index (χ4n) is 4.80. The Morgan fingerprint density at radius 2 is 1.33 bits per heavy atom. The summed E-state index contributed by atoms with van der Waals surface area (Å²) in [6.07, 6.45) is 0. The van der Waals surface area contributed by atoms with Crippen molar-refractivity contribution < 1.29 is 4.42 Å². The van der Waals surface area contributed by atoms with Crippen molar-refractivity contribution >= 4 is 55.1 Å². The van der Waals surface area contributed by atoms with Crippen molar-refractivity contribution in [1.82, 2.24) is 0 Å². The number of benzene rings is 5. The van der Waals surface area contributed by atoms with Gasteiger partial charge in [-0.15, -0.1) is 0 Å². The van der Waals surface area contributed by atoms with Crippen LogP contribution in [0.15, 0.2) is 147 Å². The highest BCUT2D eigenvalue weighted by Crippen LogP contribution is 2.38. The van der Waals surface area contributed by atoms with Crippen LogP contribution in [0, 0.1) is 0 Å². The maximum Gasteiger partial charge on any atom is 0.160 e. The van der Waals surface area contributed by atoms with Crippen LogP contribution in [0.1, 0.15) is 23.6 Å². The zero-order chi connectivity index (χ0) is 26.8. The number of amidine groups is 1. The summed E-state index contributed by atoms with van der Waals surface area (Å²) in [6.45, 7) is 6.25. The first-order valence-electron chi connectivity index (χ1n) is 12.7. The summed E-state index contributed by atoms with van der Waals surface area (Å²) < 4.78 is 7.41. The lowest BCUT2D eigenvalue weighted by Gasteiger charge is -2.11. The zero-order valence-electron chi connectivity index (χ0n) is 21.4. The Kier molecular flexibility index (Phi) is 6.78. The van der Waals surface area contributed by atoms with Gasteiger partial charge in [0, 0.05) is 37.6 Å². The van der Waals surface area contributed by atoms with E-state index in [1.807, 2.05) is 91.9 Å². The Bertz CT molecular complexity index is 1880. The third-order valence-electron chi connectivity index (χ3n) is 6.72. The molecule has 0 amide bonds. The zero-order valence-corrected chi connectivity index (χ0v) is 23.0. The molecule has 4 heteroatoms. The van der Waals surface area contributed by atoms with E-state index in [4.69, 9.17) is 14.4 Å². The summed E-state index contributed by atoms with van der Waals surface area (Å²) in [5.74, 6) is 0.614. The summed E-state index contributed by atoms with van der Waals surface area (Å²) in [4.78, 5) is 9.96. The molecule has 0 atom stereocenters. The number of rotatable bonds is 5. The van der Waals surface area contributed by atoms with E-state index in [2.05, 4.69) is 58.9 Å². The van der Waals surface area contributed by atoms with Crippen LogP contribution in [0.2, 0.25) is 0 Å². The smallest absolute Gasteiger partial charge is 0.160 e. The third-order valence-corrected chi connectivity index (χ3v) is 7.21. The molecule has 5 aromatic carbocycles. The van der Waals surface area contributed by atoms with Crippen molar-refractivity contribution in [2.45, 2.75) is 6.92 Å². The number of nitrogens with zero attached hydrogens (tertiary/aromatic N) is 2. The van der Waals surface area contributed by atoms with Gasteiger partial charge in [0.25, 0.3) is 0 Å². The molecule has 6 rings (SSSR count). The molecule has 0 N–H and O–H groups in total. The first-order valence-corrected chi connectivity index (χ1v) is 13.5. The van der Waals surface area contributed by atoms with Crippen molar-refractivity contribution in [1.29, 1.82) is 0 Å². The maximum absolute atomic E-state index is 6.38. The van der Waals surface area contributed by atoms with Crippen molar-refractivity contribution in [3.63, 3.8) is 0 Å². The lowest BCUT2D eigenvalue weighted by Crippen LogP contribution is -2.05. The summed E-state index contributed by atoms with van der Waals surface area (Å²) in [6, 6.07) is 40.7. The van der Waals surface area contributed by atoms with Gasteiger partial charge in [0.15, 0.2) is 5.84 Å². The number of aliphatic imine (C=N–C) groups is 2. The molecule has 0 radical (unpaired) electrons. The van der Waals surface area contributed by atoms with Gasteiger partial charge in [0.1, 0.15) is 11.2 Å². The molecule has 1 aromatic heterocycles. The van der Waals surface area contributed by atoms with Gasteiger partial charge >= 0.3 is 0 Å². The second-order valence-corrected chi connectivity index (χ2v) is 10.2. The number of para-hydroxylation sites is 1. The Balaban J connectivity index is 1.49. The van der Waals surface area contributed by atoms with E-state index < -0.39 is 0 Å². The Hall–Kier alpha value is -4.54. The Morgan fingerprint density at radius 1 is 0.667 bits per heavy atom. The van der Waals surface area contributed by atoms with Crippen LogP contribution in [0.4, 0.5) is 0 Å². The minimum Gasteiger partial charge on any atom is -0.455 e. The van der Waals surface area contributed by atoms with Crippen molar-refractivity contribution in [3.8, 4) is 11.1 Å². The minimum atomic E-state index is 0.614. The van der Waals surface area contributed by atoms with Gasteiger partial charge in [-0.1, -0.05) is 126 Å². The van der Waals surface area contributed by atoms with E-state index in [1.54, 1.807) is 0 Å². The lowest BCUT2D eigenvalue weighted by molar-refractivity contribution is 0.670. The fourth-order valence-corrected chi connectivity index (χ4v) is 5.16. The average Bonchev–Trinajstić information content (AvgIpc) is 3.35. The molecule has 0 aliphatic rings. The van der Waals surface area contributed by atoms with Gasteiger partial charge in [-0.3, -0.25) is 0 Å². The number of fused-ring (bicyclic) bond motifs is 3. The minimum absolute atomic E-state index is 0.614. The topological polar surface area (TPSA) is 37.9 Å². The van der Waals surface area contributed by atoms with Crippen LogP contribution >= 0.6 is 15.9 Å². The Morgan fingerprint density at radius 3 is 2.10 bits per heavy atom. The van der Waals surface area contributed by atoms with Crippen LogP contribution in [0.5, 0.6) is 0 Å². The molecular weight excluding hydrogens is 544 g/mol. The van der Waals surface area contributed by atoms with Crippen LogP contribution in [0.3, 0.4) is 0 Å². The van der Waals surface area contributed by atoms with Crippen molar-refractivity contribution in [3.05, 3.63) is 149 Å². The molecule has 0 bridgehead atoms. The second kappa shape index (κ2) is 10.7. The molecule has 0 unspecified atom stereocenters. The average molecular weight is 570 g/mol. The summed E-state index contributed by atoms with van der Waals surface area (Å²) in [5.41, 5.74) is 8.22. The molecule has 0 saturated heterocycles. The van der Waals surface area contributed by atoms with Gasteiger partial charge in [-0.2, -0.15) is 0 Å². The highest BCUT2D eigenvalue weighted by Gasteiger charge is 2.16. The fraction of sp³-hybridized carbons (Fsp3) is 0.0286. The van der Waals surface area contributed by atoms with E-state index in [1.165, 1.54) is 0 Å². The quantitative estimate of drug-likeness (QED) is 0.150. The van der Waals surface area contributed by atoms with E-state index in [0.717, 1.165) is 59.9 Å². The van der Waals surface area contributed by atoms with Crippen molar-refractivity contribution in [2.75, 3.05) is 0 Å². The highest BCUT2D eigenvalue weighted by molar-refractivity contribution is 9.10. The summed E-state index contributed by atoms with van der Waals surface area (Å²) in [5, 5.41) is 2.17. The van der Waals surface area contributed by atoms with Gasteiger partial charge < -0.3 is 4.42 Å². The standard InChI is InChI=1S/C35H25BrN2O/c1-23(25-12-5-3-6-13-25)37-35(26-14-7-4-8-15-26)38-24(2)28-16-9-10-17-29(28)30-18-11-19-31-32-22-27(36)20-21-33(32)39-34(30)31/h3-22H,1H2,2H3/b37-35-,38-24+. The van der Waals surface area contributed by atoms with Crippen LogP contribution < -0.4 is 0 Å². The molecule has 3 nitrogen and oxygen atoms in total. The molecular formula is C35H25BrN2O. The van der Waals surface area contributed by atoms with Gasteiger partial charge in [-0.25, -0.2) is 9.98 Å². The number of halogens is 1. The number of hydrogen-bond donors (Lipinski definition) is 0. The second-order valence-electron chi connectivity index (χ2n) is 9.28. The van der Waals surface area contributed by atoms with E-state index in [9.17, 15) is 0 Å². The first kappa shape index (κ1) is 24.8. The van der Waals surface area contributed by atoms with Crippen LogP contribution in [-0.4, -0.2) is 11.5 Å². The number of furan rings is 1. The van der Waals surface area contributed by atoms with E-state index >= 15 is 0 Å². The highest BCUT2D eigenvalue weighted by atomic mass is 79.9. The van der Waals surface area contributed by atoms with Gasteiger partial charge in [-0.05, 0) is 36.2 Å². The predicted molar refractivity (Wildman–Crippen MR) is 168 cm³/mol. The molecule has 0 saturated carbocycles. The van der Waals surface area contributed by atoms with Crippen LogP contribution in [-0.2, 0) is 0 Å². The lowest BCUT2D eigenvalue weighted by atomic mass is 9.95. The third kappa shape index (κ3) is 4.99. The van der Waals surface area contributed by atoms with Crippen molar-refractivity contribution in [2.24, 2.45) is 9.98 Å². The monoisotopic (exact) mass is 568 g/mol. The molecule has 0 fully saturated rings. The predicted octanol–water partition coefficient (Wildman–Crippen LogP) is 9.94. The van der Waals surface area contributed by atoms with Gasteiger partial charge in [0.05, 0.1) is 5.70 Å². The molecule has 39 heavy (non-hydrogen) atoms. The molecule has 0 aliphatic heterocycles. The largest absolute Gasteiger partial charge is 0.455 e. The summed E-state index contributed by atoms with van der Waals surface area (Å²) >= 11 is 3.60. The van der Waals surface area contributed by atoms with E-state index in [-0.39, 0.29) is 0 Å².